The van der Waals surface area contributed by atoms with Crippen LogP contribution in [0, 0.1) is 40.7 Å². The van der Waals surface area contributed by atoms with Gasteiger partial charge in [0, 0.05) is 54.2 Å². The quantitative estimate of drug-likeness (QED) is 0.0338. The van der Waals surface area contributed by atoms with Gasteiger partial charge in [-0.15, -0.1) is 0 Å². The van der Waals surface area contributed by atoms with E-state index in [0.29, 0.717) is 41.2 Å². The number of halogens is 7. The first-order valence-electron chi connectivity index (χ1n) is 25.5. The molecule has 0 unspecified atom stereocenters. The van der Waals surface area contributed by atoms with Crippen molar-refractivity contribution in [3.8, 4) is 68.2 Å². The Morgan fingerprint density at radius 2 is 0.593 bits per heavy atom. The van der Waals surface area contributed by atoms with Gasteiger partial charge in [0.2, 0.25) is 17.4 Å². The Labute approximate surface area is 512 Å². The molecule has 0 saturated carbocycles. The monoisotopic (exact) mass is 1250 g/mol. The maximum Gasteiger partial charge on any atom is 0.335 e. The third kappa shape index (κ3) is 19.2. The van der Waals surface area contributed by atoms with Crippen molar-refractivity contribution in [1.82, 2.24) is 0 Å². The maximum absolute atomic E-state index is 14.2. The number of esters is 8. The minimum Gasteiger partial charge on any atom is -0.423 e. The van der Waals surface area contributed by atoms with Crippen molar-refractivity contribution in [3.63, 3.8) is 0 Å². The molecule has 16 nitrogen and oxygen atoms in total. The molecular weight excluding hydrogens is 1210 g/mol. The van der Waals surface area contributed by atoms with Crippen LogP contribution in [0.25, 0.3) is 43.8 Å². The van der Waals surface area contributed by atoms with E-state index in [-0.39, 0.29) is 10.9 Å². The van der Waals surface area contributed by atoms with Crippen molar-refractivity contribution >= 4 is 69.3 Å². The lowest BCUT2D eigenvalue weighted by molar-refractivity contribution is -0.130. The number of carbonyl (C=O) groups excluding carboxylic acids is 8. The van der Waals surface area contributed by atoms with Crippen molar-refractivity contribution in [2.45, 2.75) is 0 Å². The predicted molar refractivity (Wildman–Crippen MR) is 318 cm³/mol. The summed E-state index contributed by atoms with van der Waals surface area (Å²) < 4.78 is 136. The lowest BCUT2D eigenvalue weighted by atomic mass is 10.0. The largest absolute Gasteiger partial charge is 0.423 e. The second kappa shape index (κ2) is 32.8. The average Bonchev–Trinajstić information content (AvgIpc) is 0.873. The van der Waals surface area contributed by atoms with Gasteiger partial charge in [-0.1, -0.05) is 95.1 Å². The summed E-state index contributed by atoms with van der Waals surface area (Å²) in [5.41, 5.74) is 1.02. The van der Waals surface area contributed by atoms with Crippen LogP contribution in [0.5, 0.6) is 46.0 Å². The van der Waals surface area contributed by atoms with Crippen LogP contribution in [-0.2, 0) is 38.4 Å². The predicted octanol–water partition coefficient (Wildman–Crippen LogP) is 14.1. The van der Waals surface area contributed by atoms with Gasteiger partial charge in [0.25, 0.3) is 0 Å². The van der Waals surface area contributed by atoms with E-state index in [1.807, 2.05) is 24.3 Å². The second-order valence-corrected chi connectivity index (χ2v) is 17.2. The van der Waals surface area contributed by atoms with E-state index in [0.717, 1.165) is 88.7 Å². The molecule has 91 heavy (non-hydrogen) atoms. The molecular formula is C68H45F7O16. The highest BCUT2D eigenvalue weighted by molar-refractivity contribution is 5.92. The molecule has 0 radical (unpaired) electrons. The molecule has 8 aromatic carbocycles. The lowest BCUT2D eigenvalue weighted by Crippen LogP contribution is -2.07. The van der Waals surface area contributed by atoms with Crippen LogP contribution in [0.2, 0.25) is 0 Å². The number of carbonyl (C=O) groups is 8. The minimum absolute atomic E-state index is 0.0911. The number of benzene rings is 8. The Bertz CT molecular complexity index is 4100. The van der Waals surface area contributed by atoms with Crippen LogP contribution in [0.1, 0.15) is 0 Å². The summed E-state index contributed by atoms with van der Waals surface area (Å²) in [5, 5.41) is 0.887. The van der Waals surface area contributed by atoms with Crippen LogP contribution >= 0.6 is 0 Å². The van der Waals surface area contributed by atoms with E-state index >= 15 is 0 Å². The van der Waals surface area contributed by atoms with E-state index < -0.39 is 122 Å². The van der Waals surface area contributed by atoms with Crippen molar-refractivity contribution in [2.24, 2.45) is 0 Å². The average molecular weight is 1250 g/mol. The molecule has 0 aliphatic carbocycles. The molecule has 0 aromatic heterocycles. The number of ether oxygens (including phenoxy) is 8. The van der Waals surface area contributed by atoms with Gasteiger partial charge in [-0.25, -0.2) is 60.3 Å². The maximum atomic E-state index is 14.2. The molecule has 0 atom stereocenters. The first-order chi connectivity index (χ1) is 43.4. The summed E-state index contributed by atoms with van der Waals surface area (Å²) >= 11 is 0. The number of rotatable bonds is 18. The molecule has 0 saturated heterocycles. The third-order valence-corrected chi connectivity index (χ3v) is 11.3. The summed E-state index contributed by atoms with van der Waals surface area (Å²) in [7, 11) is 0. The molecule has 0 amide bonds. The Morgan fingerprint density at radius 3 is 1.00 bits per heavy atom. The van der Waals surface area contributed by atoms with Crippen LogP contribution in [0.15, 0.2) is 229 Å². The first kappa shape index (κ1) is 69.2. The van der Waals surface area contributed by atoms with Gasteiger partial charge in [0.1, 0.15) is 23.0 Å². The van der Waals surface area contributed by atoms with Crippen molar-refractivity contribution in [3.05, 3.63) is 269 Å². The number of fused-ring (bicyclic) bond motifs is 2. The van der Waals surface area contributed by atoms with Crippen LogP contribution < -0.4 is 37.9 Å². The van der Waals surface area contributed by atoms with Gasteiger partial charge in [0.15, 0.2) is 46.3 Å². The summed E-state index contributed by atoms with van der Waals surface area (Å²) in [6, 6.07) is 30.8. The molecule has 0 N–H and O–H groups in total. The Hall–Kier alpha value is -12.5. The summed E-state index contributed by atoms with van der Waals surface area (Å²) in [6.07, 6.45) is 7.42. The standard InChI is InChI=1S/C18H10F4O4.C18H14O4.C16H9F3O4.C16H12O4/c1-3-14(23)25-13-6-5-10(16(21)17(13)22)9-7-11(19)18(12(20)8-9)26-15(24)4-2;1-3-17(19)21-15-9-5-13(6-10-15)14-7-11-16(12-8-14)22-18(20)4-2;1-3-11(20)22-9-6-5-8-7-10(23-12(21)4-2)15(18)16(19)13(8)14(9)17;1-3-15(17)19-13-7-5-12-10-14(20-16(18)4-2)8-6-11(12)9-13/h3-8H,1-2H2;3-12H,1-2H2;3-7H,1-2H2;3-10H,1-2H2. The SMILES string of the molecule is C=CC(=O)Oc1cc2ccc(OC(=O)C=C)c(F)c2c(F)c1F.C=CC(=O)Oc1ccc(-c2cc(F)c(OC(=O)C=C)c(F)c2)c(F)c1F.C=CC(=O)Oc1ccc(-c2ccc(OC(=O)C=C)cc2)cc1.C=CC(=O)Oc1ccc2cc(OC(=O)C=C)ccc2c1. The fourth-order valence-corrected chi connectivity index (χ4v) is 7.12. The fraction of sp³-hybridized carbons (Fsp3) is 0. The van der Waals surface area contributed by atoms with Crippen LogP contribution in [0.3, 0.4) is 0 Å². The van der Waals surface area contributed by atoms with E-state index in [4.69, 9.17) is 18.9 Å². The Kier molecular flexibility index (Phi) is 25.0. The smallest absolute Gasteiger partial charge is 0.335 e. The lowest BCUT2D eigenvalue weighted by Gasteiger charge is -2.10. The number of hydrogen-bond donors (Lipinski definition) is 0. The van der Waals surface area contributed by atoms with Crippen molar-refractivity contribution in [1.29, 1.82) is 0 Å². The van der Waals surface area contributed by atoms with Crippen molar-refractivity contribution in [2.75, 3.05) is 0 Å². The Balaban J connectivity index is 0.000000221. The minimum atomic E-state index is -1.58. The van der Waals surface area contributed by atoms with Gasteiger partial charge in [-0.05, 0) is 118 Å². The molecule has 0 spiro atoms. The summed E-state index contributed by atoms with van der Waals surface area (Å²) in [4.78, 5) is 88.7. The zero-order valence-electron chi connectivity index (χ0n) is 47.1. The first-order valence-corrected chi connectivity index (χ1v) is 25.5. The second-order valence-electron chi connectivity index (χ2n) is 17.2. The topological polar surface area (TPSA) is 210 Å². The van der Waals surface area contributed by atoms with E-state index in [1.54, 1.807) is 60.7 Å². The molecule has 462 valence electrons. The highest BCUT2D eigenvalue weighted by atomic mass is 19.2. The third-order valence-electron chi connectivity index (χ3n) is 11.3. The van der Waals surface area contributed by atoms with Gasteiger partial charge >= 0.3 is 47.8 Å². The van der Waals surface area contributed by atoms with Gasteiger partial charge in [0.05, 0.1) is 5.39 Å². The zero-order chi connectivity index (χ0) is 67.1. The van der Waals surface area contributed by atoms with E-state index in [1.165, 1.54) is 6.07 Å². The Morgan fingerprint density at radius 1 is 0.275 bits per heavy atom. The molecule has 0 fully saturated rings. The molecule has 8 rings (SSSR count). The van der Waals surface area contributed by atoms with E-state index in [2.05, 4.69) is 71.6 Å². The highest BCUT2D eigenvalue weighted by Crippen LogP contribution is 2.36. The van der Waals surface area contributed by atoms with Crippen LogP contribution in [0.4, 0.5) is 30.7 Å². The molecule has 0 aliphatic heterocycles. The van der Waals surface area contributed by atoms with Gasteiger partial charge < -0.3 is 37.9 Å². The molecule has 0 heterocycles. The highest BCUT2D eigenvalue weighted by Gasteiger charge is 2.24. The van der Waals surface area contributed by atoms with Crippen molar-refractivity contribution < 1.29 is 107 Å². The molecule has 0 bridgehead atoms. The molecule has 0 aliphatic rings. The summed E-state index contributed by atoms with van der Waals surface area (Å²) in [6.45, 7) is 25.8. The summed E-state index contributed by atoms with van der Waals surface area (Å²) in [5.74, 6) is -17.4. The number of hydrogen-bond acceptors (Lipinski definition) is 16. The zero-order valence-corrected chi connectivity index (χ0v) is 47.1. The molecule has 23 heteroatoms. The van der Waals surface area contributed by atoms with Gasteiger partial charge in [-0.3, -0.25) is 0 Å². The van der Waals surface area contributed by atoms with Crippen LogP contribution in [-0.4, -0.2) is 47.8 Å². The van der Waals surface area contributed by atoms with Gasteiger partial charge in [-0.2, -0.15) is 8.78 Å². The normalized spacial score (nSPS) is 9.97. The molecule has 8 aromatic rings. The fourth-order valence-electron chi connectivity index (χ4n) is 7.12. The van der Waals surface area contributed by atoms with E-state index in [9.17, 15) is 69.1 Å².